The molecule has 80 valence electrons. The van der Waals surface area contributed by atoms with Crippen molar-refractivity contribution in [2.45, 2.75) is 26.4 Å². The monoisotopic (exact) mass is 259 g/mol. The number of aryl methyl sites for hydroxylation is 1. The molecule has 1 aromatic heterocycles. The molecule has 0 aromatic carbocycles. The molecular weight excluding hydrogens is 242 g/mol. The standard InChI is InChI=1S/C10H18BrN3/c1-9(2)14(7-5-11)8-10-4-6-13(3)12-10/h4,6,9H,5,7-8H2,1-3H3. The first-order chi connectivity index (χ1) is 6.63. The average Bonchev–Trinajstić information content (AvgIpc) is 2.50. The number of nitrogens with zero attached hydrogens (tertiary/aromatic N) is 3. The van der Waals surface area contributed by atoms with Crippen LogP contribution in [0.15, 0.2) is 12.3 Å². The topological polar surface area (TPSA) is 21.1 Å². The van der Waals surface area contributed by atoms with Crippen LogP contribution in [-0.2, 0) is 13.6 Å². The van der Waals surface area contributed by atoms with E-state index in [1.54, 1.807) is 0 Å². The largest absolute Gasteiger partial charge is 0.294 e. The van der Waals surface area contributed by atoms with Crippen LogP contribution in [0.5, 0.6) is 0 Å². The first kappa shape index (κ1) is 11.7. The Bertz CT molecular complexity index is 270. The Kier molecular flexibility index (Phi) is 4.62. The Morgan fingerprint density at radius 2 is 2.29 bits per heavy atom. The van der Waals surface area contributed by atoms with E-state index < -0.39 is 0 Å². The molecule has 1 heterocycles. The van der Waals surface area contributed by atoms with Gasteiger partial charge >= 0.3 is 0 Å². The number of hydrogen-bond donors (Lipinski definition) is 0. The van der Waals surface area contributed by atoms with Gasteiger partial charge in [0.1, 0.15) is 0 Å². The molecule has 0 aliphatic carbocycles. The van der Waals surface area contributed by atoms with E-state index >= 15 is 0 Å². The van der Waals surface area contributed by atoms with Gasteiger partial charge in [-0.2, -0.15) is 5.10 Å². The van der Waals surface area contributed by atoms with Crippen LogP contribution in [0.25, 0.3) is 0 Å². The maximum atomic E-state index is 4.37. The summed E-state index contributed by atoms with van der Waals surface area (Å²) in [6, 6.07) is 2.64. The van der Waals surface area contributed by atoms with E-state index in [0.29, 0.717) is 6.04 Å². The van der Waals surface area contributed by atoms with Gasteiger partial charge in [-0.15, -0.1) is 0 Å². The van der Waals surface area contributed by atoms with Crippen LogP contribution in [-0.4, -0.2) is 32.6 Å². The summed E-state index contributed by atoms with van der Waals surface area (Å²) < 4.78 is 1.85. The second kappa shape index (κ2) is 5.51. The zero-order valence-corrected chi connectivity index (χ0v) is 10.7. The lowest BCUT2D eigenvalue weighted by Crippen LogP contribution is -2.32. The van der Waals surface area contributed by atoms with Gasteiger partial charge < -0.3 is 0 Å². The van der Waals surface area contributed by atoms with Crippen LogP contribution < -0.4 is 0 Å². The molecule has 0 aliphatic heterocycles. The maximum absolute atomic E-state index is 4.37. The molecule has 14 heavy (non-hydrogen) atoms. The van der Waals surface area contributed by atoms with Crippen molar-refractivity contribution in [1.29, 1.82) is 0 Å². The molecule has 4 heteroatoms. The van der Waals surface area contributed by atoms with Crippen molar-refractivity contribution in [3.63, 3.8) is 0 Å². The Labute approximate surface area is 94.2 Å². The Morgan fingerprint density at radius 1 is 1.57 bits per heavy atom. The van der Waals surface area contributed by atoms with Gasteiger partial charge in [0, 0.05) is 37.7 Å². The molecule has 0 amide bonds. The molecule has 0 bridgehead atoms. The average molecular weight is 260 g/mol. The molecule has 0 radical (unpaired) electrons. The lowest BCUT2D eigenvalue weighted by molar-refractivity contribution is 0.224. The third-order valence-electron chi connectivity index (χ3n) is 2.24. The second-order valence-electron chi connectivity index (χ2n) is 3.73. The SMILES string of the molecule is CC(C)N(CCBr)Cc1ccn(C)n1. The van der Waals surface area contributed by atoms with Crippen molar-refractivity contribution in [2.75, 3.05) is 11.9 Å². The number of aromatic nitrogens is 2. The van der Waals surface area contributed by atoms with Crippen LogP contribution in [0.2, 0.25) is 0 Å². The number of hydrogen-bond acceptors (Lipinski definition) is 2. The quantitative estimate of drug-likeness (QED) is 0.755. The van der Waals surface area contributed by atoms with Gasteiger partial charge in [-0.1, -0.05) is 15.9 Å². The van der Waals surface area contributed by atoms with Gasteiger partial charge in [0.25, 0.3) is 0 Å². The van der Waals surface area contributed by atoms with E-state index in [2.05, 4.69) is 45.8 Å². The molecule has 3 nitrogen and oxygen atoms in total. The van der Waals surface area contributed by atoms with Crippen LogP contribution in [0.4, 0.5) is 0 Å². The minimum Gasteiger partial charge on any atom is -0.294 e. The van der Waals surface area contributed by atoms with Gasteiger partial charge in [0.15, 0.2) is 0 Å². The van der Waals surface area contributed by atoms with E-state index in [1.165, 1.54) is 0 Å². The van der Waals surface area contributed by atoms with Gasteiger partial charge in [0.05, 0.1) is 5.69 Å². The van der Waals surface area contributed by atoms with E-state index in [4.69, 9.17) is 0 Å². The highest BCUT2D eigenvalue weighted by Gasteiger charge is 2.10. The molecule has 0 atom stereocenters. The molecule has 1 rings (SSSR count). The highest BCUT2D eigenvalue weighted by atomic mass is 79.9. The van der Waals surface area contributed by atoms with E-state index in [9.17, 15) is 0 Å². The van der Waals surface area contributed by atoms with Gasteiger partial charge in [-0.3, -0.25) is 9.58 Å². The van der Waals surface area contributed by atoms with Crippen molar-refractivity contribution in [3.8, 4) is 0 Å². The van der Waals surface area contributed by atoms with E-state index in [-0.39, 0.29) is 0 Å². The van der Waals surface area contributed by atoms with E-state index in [1.807, 2.05) is 17.9 Å². The van der Waals surface area contributed by atoms with Crippen LogP contribution in [0.3, 0.4) is 0 Å². The normalized spacial score (nSPS) is 11.6. The lowest BCUT2D eigenvalue weighted by atomic mass is 10.3. The number of halogens is 1. The fourth-order valence-electron chi connectivity index (χ4n) is 1.38. The number of rotatable bonds is 5. The zero-order chi connectivity index (χ0) is 10.6. The molecule has 0 unspecified atom stereocenters. The summed E-state index contributed by atoms with van der Waals surface area (Å²) in [4.78, 5) is 2.40. The fourth-order valence-corrected chi connectivity index (χ4v) is 1.84. The summed E-state index contributed by atoms with van der Waals surface area (Å²) in [5.74, 6) is 0. The van der Waals surface area contributed by atoms with Gasteiger partial charge in [-0.05, 0) is 19.9 Å². The molecule has 0 aliphatic rings. The third kappa shape index (κ3) is 3.42. The highest BCUT2D eigenvalue weighted by molar-refractivity contribution is 9.09. The summed E-state index contributed by atoms with van der Waals surface area (Å²) in [7, 11) is 1.95. The third-order valence-corrected chi connectivity index (χ3v) is 2.59. The first-order valence-electron chi connectivity index (χ1n) is 4.92. The Balaban J connectivity index is 2.55. The lowest BCUT2D eigenvalue weighted by Gasteiger charge is -2.24. The van der Waals surface area contributed by atoms with Crippen molar-refractivity contribution in [1.82, 2.24) is 14.7 Å². The van der Waals surface area contributed by atoms with Crippen molar-refractivity contribution < 1.29 is 0 Å². The first-order valence-corrected chi connectivity index (χ1v) is 6.04. The van der Waals surface area contributed by atoms with Crippen molar-refractivity contribution in [3.05, 3.63) is 18.0 Å². The maximum Gasteiger partial charge on any atom is 0.0764 e. The van der Waals surface area contributed by atoms with Crippen LogP contribution in [0, 0.1) is 0 Å². The smallest absolute Gasteiger partial charge is 0.0764 e. The summed E-state index contributed by atoms with van der Waals surface area (Å²) in [5, 5.41) is 5.39. The molecule has 0 fully saturated rings. The summed E-state index contributed by atoms with van der Waals surface area (Å²) >= 11 is 3.47. The van der Waals surface area contributed by atoms with Crippen molar-refractivity contribution in [2.24, 2.45) is 7.05 Å². The summed E-state index contributed by atoms with van der Waals surface area (Å²) in [6.07, 6.45) is 1.99. The van der Waals surface area contributed by atoms with Crippen LogP contribution in [0.1, 0.15) is 19.5 Å². The Hall–Kier alpha value is -0.350. The summed E-state index contributed by atoms with van der Waals surface area (Å²) in [5.41, 5.74) is 1.14. The minimum absolute atomic E-state index is 0.564. The van der Waals surface area contributed by atoms with Crippen LogP contribution >= 0.6 is 15.9 Å². The minimum atomic E-state index is 0.564. The van der Waals surface area contributed by atoms with E-state index in [0.717, 1.165) is 24.1 Å². The van der Waals surface area contributed by atoms with Gasteiger partial charge in [-0.25, -0.2) is 0 Å². The molecular formula is C10H18BrN3. The predicted octanol–water partition coefficient (Wildman–Crippen LogP) is 2.03. The predicted molar refractivity (Wildman–Crippen MR) is 62.5 cm³/mol. The summed E-state index contributed by atoms with van der Waals surface area (Å²) in [6.45, 7) is 6.43. The van der Waals surface area contributed by atoms with Gasteiger partial charge in [0.2, 0.25) is 0 Å². The van der Waals surface area contributed by atoms with Crippen molar-refractivity contribution >= 4 is 15.9 Å². The molecule has 0 saturated carbocycles. The second-order valence-corrected chi connectivity index (χ2v) is 4.53. The molecule has 0 saturated heterocycles. The fraction of sp³-hybridized carbons (Fsp3) is 0.700. The number of alkyl halides is 1. The molecule has 1 aromatic rings. The zero-order valence-electron chi connectivity index (χ0n) is 9.07. The molecule has 0 N–H and O–H groups in total. The highest BCUT2D eigenvalue weighted by Crippen LogP contribution is 2.06. The molecule has 0 spiro atoms. The Morgan fingerprint density at radius 3 is 2.71 bits per heavy atom.